The number of nitrogens with one attached hydrogen (secondary N) is 1. The molecule has 0 saturated carbocycles. The summed E-state index contributed by atoms with van der Waals surface area (Å²) in [6.45, 7) is 4.28. The fourth-order valence-corrected chi connectivity index (χ4v) is 4.21. The van der Waals surface area contributed by atoms with Gasteiger partial charge in [0.15, 0.2) is 15.1 Å². The molecule has 1 unspecified atom stereocenters. The molecule has 0 aromatic heterocycles. The highest BCUT2D eigenvalue weighted by Crippen LogP contribution is 2.17. The van der Waals surface area contributed by atoms with Gasteiger partial charge in [-0.3, -0.25) is 9.59 Å². The molecule has 2 aromatic carbocycles. The highest BCUT2D eigenvalue weighted by molar-refractivity contribution is 7.93. The molecule has 2 rings (SSSR count). The summed E-state index contributed by atoms with van der Waals surface area (Å²) >= 11 is 0. The molecule has 0 radical (unpaired) electrons. The third-order valence-corrected chi connectivity index (χ3v) is 6.27. The molecule has 0 saturated heterocycles. The van der Waals surface area contributed by atoms with Crippen LogP contribution >= 0.6 is 0 Å². The highest BCUT2D eigenvalue weighted by atomic mass is 32.2. The monoisotopic (exact) mass is 419 g/mol. The van der Waals surface area contributed by atoms with Gasteiger partial charge in [-0.15, -0.1) is 0 Å². The number of aryl methyl sites for hydroxylation is 2. The number of aliphatic carboxylic acids is 1. The number of sulfone groups is 1. The number of ether oxygens (including phenoxy) is 1. The molecule has 0 spiro atoms. The van der Waals surface area contributed by atoms with Gasteiger partial charge < -0.3 is 15.2 Å². The molecule has 0 heterocycles. The lowest BCUT2D eigenvalue weighted by Crippen LogP contribution is -2.36. The van der Waals surface area contributed by atoms with Gasteiger partial charge in [0.2, 0.25) is 5.91 Å². The molecule has 1 amide bonds. The van der Waals surface area contributed by atoms with Gasteiger partial charge in [-0.05, 0) is 56.5 Å². The highest BCUT2D eigenvalue weighted by Gasteiger charge is 2.34. The van der Waals surface area contributed by atoms with Crippen molar-refractivity contribution in [3.05, 3.63) is 59.7 Å². The lowest BCUT2D eigenvalue weighted by Gasteiger charge is -2.14. The van der Waals surface area contributed by atoms with E-state index >= 15 is 0 Å². The fourth-order valence-electron chi connectivity index (χ4n) is 2.79. The fraction of sp³-hybridized carbons (Fsp3) is 0.333. The van der Waals surface area contributed by atoms with Crippen LogP contribution < -0.4 is 10.1 Å². The molecule has 2 aromatic rings. The van der Waals surface area contributed by atoms with E-state index in [-0.39, 0.29) is 12.8 Å². The zero-order valence-electron chi connectivity index (χ0n) is 16.4. The number of hydrogen-bond donors (Lipinski definition) is 2. The summed E-state index contributed by atoms with van der Waals surface area (Å²) in [4.78, 5) is 23.7. The smallest absolute Gasteiger partial charge is 0.321 e. The Morgan fingerprint density at radius 3 is 2.24 bits per heavy atom. The molecule has 0 aliphatic carbocycles. The van der Waals surface area contributed by atoms with E-state index in [0.717, 1.165) is 11.1 Å². The molecule has 29 heavy (non-hydrogen) atoms. The molecule has 0 aliphatic heterocycles. The topological polar surface area (TPSA) is 110 Å². The summed E-state index contributed by atoms with van der Waals surface area (Å²) in [5.41, 5.74) is 2.30. The van der Waals surface area contributed by atoms with E-state index in [1.165, 1.54) is 0 Å². The third kappa shape index (κ3) is 6.90. The van der Waals surface area contributed by atoms with Gasteiger partial charge in [-0.25, -0.2) is 8.42 Å². The van der Waals surface area contributed by atoms with E-state index in [2.05, 4.69) is 5.32 Å². The maximum atomic E-state index is 12.5. The van der Waals surface area contributed by atoms with Crippen molar-refractivity contribution in [1.29, 1.82) is 0 Å². The average Bonchev–Trinajstić information content (AvgIpc) is 2.64. The Bertz CT molecular complexity index is 936. The van der Waals surface area contributed by atoms with Gasteiger partial charge in [0.1, 0.15) is 11.5 Å². The second-order valence-electron chi connectivity index (χ2n) is 6.66. The van der Waals surface area contributed by atoms with E-state index in [9.17, 15) is 23.1 Å². The van der Waals surface area contributed by atoms with Crippen LogP contribution in [0.5, 0.6) is 5.75 Å². The molecule has 156 valence electrons. The van der Waals surface area contributed by atoms with E-state index in [4.69, 9.17) is 4.74 Å². The van der Waals surface area contributed by atoms with E-state index < -0.39 is 32.7 Å². The van der Waals surface area contributed by atoms with Crippen LogP contribution in [0.3, 0.4) is 0 Å². The Labute approximate surface area is 170 Å². The van der Waals surface area contributed by atoms with Crippen molar-refractivity contribution in [3.63, 3.8) is 0 Å². The molecule has 0 fully saturated rings. The molecule has 2 N–H and O–H groups in total. The molecule has 7 nitrogen and oxygen atoms in total. The zero-order chi connectivity index (χ0) is 21.4. The van der Waals surface area contributed by atoms with Crippen LogP contribution in [-0.4, -0.2) is 43.0 Å². The summed E-state index contributed by atoms with van der Waals surface area (Å²) in [6, 6.07) is 13.9. The van der Waals surface area contributed by atoms with E-state index in [0.29, 0.717) is 18.0 Å². The van der Waals surface area contributed by atoms with Crippen molar-refractivity contribution in [2.24, 2.45) is 0 Å². The number of carbonyl (C=O) groups is 2. The number of rotatable bonds is 10. The first-order valence-electron chi connectivity index (χ1n) is 9.24. The van der Waals surface area contributed by atoms with Crippen LogP contribution in [0.25, 0.3) is 0 Å². The van der Waals surface area contributed by atoms with Gasteiger partial charge in [0.25, 0.3) is 0 Å². The number of anilines is 1. The van der Waals surface area contributed by atoms with Crippen molar-refractivity contribution in [1.82, 2.24) is 0 Å². The van der Waals surface area contributed by atoms with E-state index in [1.807, 2.05) is 38.1 Å². The van der Waals surface area contributed by atoms with Gasteiger partial charge in [0.05, 0.1) is 6.61 Å². The first-order chi connectivity index (χ1) is 13.7. The summed E-state index contributed by atoms with van der Waals surface area (Å²) in [5.74, 6) is -2.51. The second-order valence-corrected chi connectivity index (χ2v) is 8.85. The van der Waals surface area contributed by atoms with Crippen molar-refractivity contribution in [2.45, 2.75) is 31.9 Å². The summed E-state index contributed by atoms with van der Waals surface area (Å²) in [6.07, 6.45) is 0.189. The third-order valence-electron chi connectivity index (χ3n) is 4.31. The van der Waals surface area contributed by atoms with Crippen molar-refractivity contribution in [2.75, 3.05) is 17.7 Å². The van der Waals surface area contributed by atoms with Crippen LogP contribution in [0.4, 0.5) is 5.69 Å². The average molecular weight is 419 g/mol. The Morgan fingerprint density at radius 1 is 1.07 bits per heavy atom. The predicted molar refractivity (Wildman–Crippen MR) is 111 cm³/mol. The molecule has 1 atom stereocenters. The minimum Gasteiger partial charge on any atom is -0.494 e. The van der Waals surface area contributed by atoms with Crippen LogP contribution in [0, 0.1) is 6.92 Å². The van der Waals surface area contributed by atoms with Crippen LogP contribution in [-0.2, 0) is 25.8 Å². The quantitative estimate of drug-likeness (QED) is 0.613. The van der Waals surface area contributed by atoms with Gasteiger partial charge in [-0.1, -0.05) is 29.8 Å². The number of benzene rings is 2. The second kappa shape index (κ2) is 10.1. The molecular weight excluding hydrogens is 394 g/mol. The van der Waals surface area contributed by atoms with Gasteiger partial charge in [0, 0.05) is 5.69 Å². The van der Waals surface area contributed by atoms with Crippen LogP contribution in [0.2, 0.25) is 0 Å². The Balaban J connectivity index is 2.00. The number of hydrogen-bond acceptors (Lipinski definition) is 5. The number of carboxylic acids is 1. The number of amides is 1. The number of carboxylic acid groups (broad SMARTS) is 1. The number of carbonyl (C=O) groups excluding carboxylic acids is 1. The maximum absolute atomic E-state index is 12.5. The van der Waals surface area contributed by atoms with Crippen molar-refractivity contribution < 1.29 is 27.9 Å². The van der Waals surface area contributed by atoms with Crippen molar-refractivity contribution >= 4 is 27.4 Å². The first-order valence-corrected chi connectivity index (χ1v) is 11.0. The van der Waals surface area contributed by atoms with Gasteiger partial charge >= 0.3 is 5.97 Å². The van der Waals surface area contributed by atoms with Gasteiger partial charge in [-0.2, -0.15) is 0 Å². The Kier molecular flexibility index (Phi) is 7.78. The minimum absolute atomic E-state index is 0.100. The predicted octanol–water partition coefficient (Wildman–Crippen LogP) is 2.83. The van der Waals surface area contributed by atoms with Crippen LogP contribution in [0.1, 0.15) is 24.5 Å². The standard InChI is InChI=1S/C21H25NO6S/c1-3-28-18-11-9-17(10-12-18)22-20(23)14-29(26,27)19(21(24)25)13-8-16-6-4-15(2)5-7-16/h4-7,9-12,19H,3,8,13-14H2,1-2H3,(H,22,23)(H,24,25). The van der Waals surface area contributed by atoms with E-state index in [1.54, 1.807) is 24.3 Å². The summed E-state index contributed by atoms with van der Waals surface area (Å²) in [7, 11) is -4.17. The SMILES string of the molecule is CCOc1ccc(NC(=O)CS(=O)(=O)C(CCc2ccc(C)cc2)C(=O)O)cc1. The zero-order valence-corrected chi connectivity index (χ0v) is 17.2. The molecule has 8 heteroatoms. The lowest BCUT2D eigenvalue weighted by molar-refractivity contribution is -0.136. The maximum Gasteiger partial charge on any atom is 0.321 e. The summed E-state index contributed by atoms with van der Waals surface area (Å²) < 4.78 is 30.4. The first kappa shape index (κ1) is 22.4. The Hall–Kier alpha value is -2.87. The van der Waals surface area contributed by atoms with Crippen LogP contribution in [0.15, 0.2) is 48.5 Å². The summed E-state index contributed by atoms with van der Waals surface area (Å²) in [5, 5.41) is 10.2. The normalized spacial score (nSPS) is 12.2. The van der Waals surface area contributed by atoms with Crippen molar-refractivity contribution in [3.8, 4) is 5.75 Å². The Morgan fingerprint density at radius 2 is 1.69 bits per heavy atom. The largest absolute Gasteiger partial charge is 0.494 e. The molecule has 0 aliphatic rings. The lowest BCUT2D eigenvalue weighted by atomic mass is 10.1. The minimum atomic E-state index is -4.17. The molecule has 0 bridgehead atoms. The molecular formula is C21H25NO6S.